The molecule has 0 fully saturated rings. The van der Waals surface area contributed by atoms with Crippen molar-refractivity contribution in [3.63, 3.8) is 0 Å². The van der Waals surface area contributed by atoms with Crippen LogP contribution >= 0.6 is 11.6 Å². The van der Waals surface area contributed by atoms with Gasteiger partial charge >= 0.3 is 0 Å². The van der Waals surface area contributed by atoms with Gasteiger partial charge in [-0.1, -0.05) is 11.6 Å². The third-order valence-electron chi connectivity index (χ3n) is 1.70. The van der Waals surface area contributed by atoms with E-state index in [0.717, 1.165) is 5.69 Å². The first-order valence-corrected chi connectivity index (χ1v) is 4.40. The lowest BCUT2D eigenvalue weighted by atomic mass is 10.4. The highest BCUT2D eigenvalue weighted by Gasteiger charge is 2.00. The molecule has 0 aliphatic rings. The second-order valence-corrected chi connectivity index (χ2v) is 3.13. The van der Waals surface area contributed by atoms with Gasteiger partial charge in [-0.05, 0) is 12.1 Å². The first-order valence-electron chi connectivity index (χ1n) is 4.03. The number of nitrogens with zero attached hydrogens (tertiary/aromatic N) is 4. The summed E-state index contributed by atoms with van der Waals surface area (Å²) in [6.07, 6.45) is 3.20. The van der Waals surface area contributed by atoms with Gasteiger partial charge in [0.15, 0.2) is 5.82 Å². The number of halogens is 1. The van der Waals surface area contributed by atoms with Gasteiger partial charge in [0.2, 0.25) is 0 Å². The maximum Gasteiger partial charge on any atom is 0.175 e. The fraction of sp³-hybridized carbons (Fsp3) is 0.125. The Bertz CT molecular complexity index is 422. The van der Waals surface area contributed by atoms with Gasteiger partial charge in [0.05, 0.1) is 23.1 Å². The second kappa shape index (κ2) is 3.73. The molecule has 5 nitrogen and oxygen atoms in total. The summed E-state index contributed by atoms with van der Waals surface area (Å²) in [4.78, 5) is 0. The molecule has 0 saturated carbocycles. The number of hydrogen-bond acceptors (Lipinski definition) is 4. The summed E-state index contributed by atoms with van der Waals surface area (Å²) in [7, 11) is 0. The van der Waals surface area contributed by atoms with Gasteiger partial charge in [-0.25, -0.2) is 4.68 Å². The van der Waals surface area contributed by atoms with Crippen LogP contribution in [0.2, 0.25) is 5.02 Å². The van der Waals surface area contributed by atoms with Gasteiger partial charge < -0.3 is 5.73 Å². The van der Waals surface area contributed by atoms with Crippen molar-refractivity contribution < 1.29 is 0 Å². The molecule has 0 aliphatic heterocycles. The topological polar surface area (TPSA) is 69.6 Å². The molecule has 2 rings (SSSR count). The van der Waals surface area contributed by atoms with E-state index in [4.69, 9.17) is 17.3 Å². The van der Waals surface area contributed by atoms with Crippen LogP contribution in [0.3, 0.4) is 0 Å². The molecule has 0 unspecified atom stereocenters. The summed E-state index contributed by atoms with van der Waals surface area (Å²) in [6.45, 7) is 0.382. The van der Waals surface area contributed by atoms with Gasteiger partial charge in [-0.3, -0.25) is 0 Å². The lowest BCUT2D eigenvalue weighted by molar-refractivity contribution is 0.793. The van der Waals surface area contributed by atoms with Crippen LogP contribution in [0.1, 0.15) is 5.69 Å². The summed E-state index contributed by atoms with van der Waals surface area (Å²) < 4.78 is 1.55. The molecule has 0 amide bonds. The highest BCUT2D eigenvalue weighted by atomic mass is 35.5. The van der Waals surface area contributed by atoms with Gasteiger partial charge in [-0.2, -0.15) is 10.2 Å². The zero-order chi connectivity index (χ0) is 9.97. The minimum Gasteiger partial charge on any atom is -0.325 e. The van der Waals surface area contributed by atoms with E-state index in [9.17, 15) is 0 Å². The van der Waals surface area contributed by atoms with Crippen molar-refractivity contribution in [2.75, 3.05) is 0 Å². The summed E-state index contributed by atoms with van der Waals surface area (Å²) in [5.74, 6) is 0.620. The molecule has 72 valence electrons. The van der Waals surface area contributed by atoms with E-state index in [0.29, 0.717) is 17.4 Å². The van der Waals surface area contributed by atoms with Gasteiger partial charge in [-0.15, -0.1) is 5.10 Å². The van der Waals surface area contributed by atoms with E-state index in [2.05, 4.69) is 15.3 Å². The maximum absolute atomic E-state index is 5.72. The fourth-order valence-corrected chi connectivity index (χ4v) is 1.15. The Labute approximate surface area is 85.5 Å². The Kier molecular flexibility index (Phi) is 2.43. The first-order chi connectivity index (χ1) is 6.79. The molecular formula is C8H8ClN5. The zero-order valence-electron chi connectivity index (χ0n) is 7.26. The Morgan fingerprint density at radius 2 is 2.21 bits per heavy atom. The van der Waals surface area contributed by atoms with Crippen molar-refractivity contribution in [1.82, 2.24) is 20.0 Å². The third-order valence-corrected chi connectivity index (χ3v) is 1.90. The average Bonchev–Trinajstić information content (AvgIpc) is 2.65. The molecule has 0 spiro atoms. The van der Waals surface area contributed by atoms with Crippen LogP contribution in [0.15, 0.2) is 24.5 Å². The fourth-order valence-electron chi connectivity index (χ4n) is 1.01. The molecule has 0 atom stereocenters. The smallest absolute Gasteiger partial charge is 0.175 e. The van der Waals surface area contributed by atoms with E-state index < -0.39 is 0 Å². The van der Waals surface area contributed by atoms with E-state index >= 15 is 0 Å². The Morgan fingerprint density at radius 1 is 1.36 bits per heavy atom. The van der Waals surface area contributed by atoms with Gasteiger partial charge in [0.1, 0.15) is 0 Å². The predicted molar refractivity (Wildman–Crippen MR) is 52.1 cm³/mol. The summed E-state index contributed by atoms with van der Waals surface area (Å²) in [5.41, 5.74) is 6.14. The van der Waals surface area contributed by atoms with Crippen molar-refractivity contribution >= 4 is 11.6 Å². The molecule has 2 aromatic rings. The van der Waals surface area contributed by atoms with E-state index in [1.54, 1.807) is 29.2 Å². The second-order valence-electron chi connectivity index (χ2n) is 2.69. The number of aromatic nitrogens is 4. The molecule has 6 heteroatoms. The molecular weight excluding hydrogens is 202 g/mol. The first kappa shape index (κ1) is 9.11. The van der Waals surface area contributed by atoms with E-state index in [1.807, 2.05) is 0 Å². The highest BCUT2D eigenvalue weighted by Crippen LogP contribution is 2.08. The minimum atomic E-state index is 0.382. The van der Waals surface area contributed by atoms with Crippen molar-refractivity contribution in [3.8, 4) is 5.82 Å². The molecule has 0 radical (unpaired) electrons. The summed E-state index contributed by atoms with van der Waals surface area (Å²) in [6, 6.07) is 3.59. The van der Waals surface area contributed by atoms with Crippen LogP contribution in [0.4, 0.5) is 0 Å². The minimum absolute atomic E-state index is 0.382. The monoisotopic (exact) mass is 209 g/mol. The zero-order valence-corrected chi connectivity index (χ0v) is 8.02. The average molecular weight is 210 g/mol. The van der Waals surface area contributed by atoms with E-state index in [1.165, 1.54) is 0 Å². The normalized spacial score (nSPS) is 10.4. The number of rotatable bonds is 2. The van der Waals surface area contributed by atoms with Crippen molar-refractivity contribution in [2.45, 2.75) is 6.54 Å². The van der Waals surface area contributed by atoms with Gasteiger partial charge in [0.25, 0.3) is 0 Å². The lowest BCUT2D eigenvalue weighted by Crippen LogP contribution is -2.04. The van der Waals surface area contributed by atoms with Crippen molar-refractivity contribution in [2.24, 2.45) is 5.73 Å². The largest absolute Gasteiger partial charge is 0.325 e. The maximum atomic E-state index is 5.72. The third kappa shape index (κ3) is 1.73. The molecule has 0 aliphatic carbocycles. The van der Waals surface area contributed by atoms with Crippen LogP contribution in [-0.4, -0.2) is 20.0 Å². The summed E-state index contributed by atoms with van der Waals surface area (Å²) >= 11 is 5.72. The Balaban J connectivity index is 2.33. The SMILES string of the molecule is NCc1ccc(-n2cc(Cl)cn2)nn1. The standard InChI is InChI=1S/C8H8ClN5/c9-6-4-11-14(5-6)8-2-1-7(3-10)12-13-8/h1-2,4-5H,3,10H2. The van der Waals surface area contributed by atoms with E-state index in [-0.39, 0.29) is 0 Å². The number of hydrogen-bond donors (Lipinski definition) is 1. The molecule has 0 bridgehead atoms. The van der Waals surface area contributed by atoms with Crippen LogP contribution in [0.25, 0.3) is 5.82 Å². The summed E-state index contributed by atoms with van der Waals surface area (Å²) in [5, 5.41) is 12.4. The molecule has 0 saturated heterocycles. The van der Waals surface area contributed by atoms with Crippen molar-refractivity contribution in [3.05, 3.63) is 35.2 Å². The Hall–Kier alpha value is -1.46. The molecule has 2 aromatic heterocycles. The predicted octanol–water partition coefficient (Wildman–Crippen LogP) is 0.774. The van der Waals surface area contributed by atoms with Crippen LogP contribution in [0.5, 0.6) is 0 Å². The lowest BCUT2D eigenvalue weighted by Gasteiger charge is -1.99. The number of nitrogens with two attached hydrogens (primary N) is 1. The molecule has 2 N–H and O–H groups in total. The molecule has 14 heavy (non-hydrogen) atoms. The molecule has 2 heterocycles. The quantitative estimate of drug-likeness (QED) is 0.794. The highest BCUT2D eigenvalue weighted by molar-refractivity contribution is 6.30. The Morgan fingerprint density at radius 3 is 2.71 bits per heavy atom. The van der Waals surface area contributed by atoms with Crippen molar-refractivity contribution in [1.29, 1.82) is 0 Å². The van der Waals surface area contributed by atoms with Gasteiger partial charge in [0, 0.05) is 6.54 Å². The van der Waals surface area contributed by atoms with Crippen LogP contribution in [0, 0.1) is 0 Å². The molecule has 0 aromatic carbocycles. The van der Waals surface area contributed by atoms with Crippen LogP contribution in [-0.2, 0) is 6.54 Å². The van der Waals surface area contributed by atoms with Crippen LogP contribution < -0.4 is 5.73 Å².